The molecule has 12 N–H and O–H groups in total. The van der Waals surface area contributed by atoms with Crippen LogP contribution in [0.4, 0.5) is 0 Å². The van der Waals surface area contributed by atoms with Crippen molar-refractivity contribution in [1.82, 2.24) is 5.32 Å². The molecule has 0 aromatic carbocycles. The van der Waals surface area contributed by atoms with Gasteiger partial charge in [-0.05, 0) is 32.1 Å². The van der Waals surface area contributed by atoms with Gasteiger partial charge in [0.25, 0.3) is 0 Å². The van der Waals surface area contributed by atoms with Gasteiger partial charge in [0.15, 0.2) is 18.9 Å². The summed E-state index contributed by atoms with van der Waals surface area (Å²) in [5.41, 5.74) is 0. The van der Waals surface area contributed by atoms with Crippen LogP contribution in [0.5, 0.6) is 0 Å². The van der Waals surface area contributed by atoms with Crippen LogP contribution in [0.25, 0.3) is 0 Å². The molecule has 19 heteroatoms. The van der Waals surface area contributed by atoms with E-state index < -0.39 is 124 Å². The molecule has 19 nitrogen and oxygen atoms in total. The second-order valence-electron chi connectivity index (χ2n) is 25.7. The molecule has 0 spiro atoms. The van der Waals surface area contributed by atoms with Gasteiger partial charge in [-0.3, -0.25) is 4.79 Å². The molecular weight excluding hydrogens is 1130 g/mol. The number of ether oxygens (including phenoxy) is 6. The average Bonchev–Trinajstić information content (AvgIpc) is 3.69. The van der Waals surface area contributed by atoms with Gasteiger partial charge in [0, 0.05) is 6.42 Å². The number of carbonyl (C=O) groups excluding carboxylic acids is 1. The third-order valence-electron chi connectivity index (χ3n) is 18.0. The van der Waals surface area contributed by atoms with Gasteiger partial charge in [-0.25, -0.2) is 0 Å². The van der Waals surface area contributed by atoms with Crippen molar-refractivity contribution in [2.45, 2.75) is 381 Å². The van der Waals surface area contributed by atoms with E-state index in [0.717, 1.165) is 38.5 Å². The number of aliphatic hydroxyl groups excluding tert-OH is 11. The first-order valence-electron chi connectivity index (χ1n) is 35.6. The maximum absolute atomic E-state index is 13.4. The van der Waals surface area contributed by atoms with E-state index in [1.165, 1.54) is 205 Å². The molecule has 0 aliphatic carbocycles. The Bertz CT molecular complexity index is 1690. The van der Waals surface area contributed by atoms with Gasteiger partial charge in [-0.1, -0.05) is 263 Å². The van der Waals surface area contributed by atoms with Crippen LogP contribution in [0.15, 0.2) is 24.3 Å². The Morgan fingerprint density at radius 2 is 0.727 bits per heavy atom. The molecule has 0 radical (unpaired) electrons. The van der Waals surface area contributed by atoms with Crippen LogP contribution in [0, 0.1) is 0 Å². The molecule has 518 valence electrons. The lowest BCUT2D eigenvalue weighted by Gasteiger charge is -2.48. The van der Waals surface area contributed by atoms with E-state index in [0.29, 0.717) is 12.8 Å². The van der Waals surface area contributed by atoms with E-state index in [-0.39, 0.29) is 18.9 Å². The maximum Gasteiger partial charge on any atom is 0.220 e. The van der Waals surface area contributed by atoms with Crippen molar-refractivity contribution in [3.05, 3.63) is 24.3 Å². The zero-order chi connectivity index (χ0) is 64.0. The van der Waals surface area contributed by atoms with Crippen molar-refractivity contribution >= 4 is 5.91 Å². The number of unbranched alkanes of at least 4 members (excludes halogenated alkanes) is 37. The minimum atomic E-state index is -1.98. The van der Waals surface area contributed by atoms with Gasteiger partial charge in [0.2, 0.25) is 5.91 Å². The molecule has 0 aromatic heterocycles. The van der Waals surface area contributed by atoms with E-state index >= 15 is 0 Å². The van der Waals surface area contributed by atoms with Gasteiger partial charge in [0.05, 0.1) is 38.6 Å². The smallest absolute Gasteiger partial charge is 0.220 e. The highest BCUT2D eigenvalue weighted by molar-refractivity contribution is 5.76. The lowest BCUT2D eigenvalue weighted by Crippen LogP contribution is -2.66. The first-order chi connectivity index (χ1) is 42.8. The summed E-state index contributed by atoms with van der Waals surface area (Å²) in [6.07, 6.45) is 31.6. The van der Waals surface area contributed by atoms with E-state index in [4.69, 9.17) is 28.4 Å². The molecule has 3 heterocycles. The van der Waals surface area contributed by atoms with E-state index in [2.05, 4.69) is 31.3 Å². The molecule has 88 heavy (non-hydrogen) atoms. The minimum Gasteiger partial charge on any atom is -0.394 e. The maximum atomic E-state index is 13.4. The predicted molar refractivity (Wildman–Crippen MR) is 342 cm³/mol. The lowest BCUT2D eigenvalue weighted by molar-refractivity contribution is -0.379. The number of nitrogens with one attached hydrogen (secondary N) is 1. The van der Waals surface area contributed by atoms with Crippen LogP contribution in [0.2, 0.25) is 0 Å². The van der Waals surface area contributed by atoms with E-state index in [1.807, 2.05) is 6.08 Å². The van der Waals surface area contributed by atoms with Crippen LogP contribution >= 0.6 is 0 Å². The molecule has 17 unspecified atom stereocenters. The average molecular weight is 1260 g/mol. The summed E-state index contributed by atoms with van der Waals surface area (Å²) in [7, 11) is 0. The van der Waals surface area contributed by atoms with Crippen LogP contribution in [-0.2, 0) is 33.2 Å². The highest BCUT2D eigenvalue weighted by Crippen LogP contribution is 2.33. The second-order valence-corrected chi connectivity index (χ2v) is 25.7. The first-order valence-corrected chi connectivity index (χ1v) is 35.6. The Labute approximate surface area is 530 Å². The molecule has 1 amide bonds. The van der Waals surface area contributed by atoms with Gasteiger partial charge in [-0.2, -0.15) is 0 Å². The van der Waals surface area contributed by atoms with Gasteiger partial charge < -0.3 is 89.9 Å². The fraction of sp³-hybridized carbons (Fsp3) is 0.928. The lowest BCUT2D eigenvalue weighted by atomic mass is 9.96. The van der Waals surface area contributed by atoms with Gasteiger partial charge >= 0.3 is 0 Å². The SMILES string of the molecule is CCCCCCCCCCCCCC/C=C/CC/C=C/C(O)C(COC1OC(CO)C(OC2OC(CO)C(OC3OC(CO)C(O)C(O)C3O)C(O)C2O)C(O)C1O)NC(=O)CCCCCCCCCCCCCCCCCCCCCCCCCCC. The zero-order valence-corrected chi connectivity index (χ0v) is 54.7. The number of rotatable bonds is 55. The molecule has 17 atom stereocenters. The molecule has 3 aliphatic heterocycles. The summed E-state index contributed by atoms with van der Waals surface area (Å²) in [6, 6.07) is -0.986. The first kappa shape index (κ1) is 80.5. The molecule has 0 saturated carbocycles. The van der Waals surface area contributed by atoms with Crippen molar-refractivity contribution in [3.63, 3.8) is 0 Å². The summed E-state index contributed by atoms with van der Waals surface area (Å²) in [5.74, 6) is -0.280. The fourth-order valence-electron chi connectivity index (χ4n) is 12.2. The number of hydrogen-bond donors (Lipinski definition) is 12. The molecular formula is C69H129NO18. The molecule has 3 rings (SSSR count). The predicted octanol–water partition coefficient (Wildman–Crippen LogP) is 9.44. The number of aliphatic hydroxyl groups is 11. The van der Waals surface area contributed by atoms with Crippen LogP contribution in [0.3, 0.4) is 0 Å². The van der Waals surface area contributed by atoms with Gasteiger partial charge in [-0.15, -0.1) is 0 Å². The summed E-state index contributed by atoms with van der Waals surface area (Å²) in [4.78, 5) is 13.4. The zero-order valence-electron chi connectivity index (χ0n) is 54.7. The minimum absolute atomic E-state index is 0.241. The quantitative estimate of drug-likeness (QED) is 0.0199. The third-order valence-corrected chi connectivity index (χ3v) is 18.0. The van der Waals surface area contributed by atoms with Crippen LogP contribution in [-0.4, -0.2) is 193 Å². The molecule has 0 aromatic rings. The number of amides is 1. The normalized spacial score (nSPS) is 28.5. The van der Waals surface area contributed by atoms with Crippen molar-refractivity contribution in [3.8, 4) is 0 Å². The van der Waals surface area contributed by atoms with Crippen molar-refractivity contribution in [2.75, 3.05) is 26.4 Å². The third kappa shape index (κ3) is 33.4. The fourth-order valence-corrected chi connectivity index (χ4v) is 12.2. The van der Waals surface area contributed by atoms with Crippen LogP contribution < -0.4 is 5.32 Å². The standard InChI is InChI=1S/C69H129NO18/c1-3-5-7-9-11-13-15-17-19-21-23-24-25-26-27-28-29-31-33-35-37-39-41-43-45-47-57(75)70-52(53(74)46-44-42-40-38-36-34-32-30-22-20-18-16-14-12-10-8-6-4-2)51-83-67-63(81)60(78)65(55(49-72)85-67)88-69-64(82)61(79)66(56(50-73)86-69)87-68-62(80)59(77)58(76)54(48-71)84-68/h36,38,44,46,52-56,58-69,71-74,76-82H,3-35,37,39-43,45,47-51H2,1-2H3,(H,70,75)/b38-36+,46-44+. The molecule has 3 aliphatic rings. The summed E-state index contributed by atoms with van der Waals surface area (Å²) in [6.45, 7) is 1.75. The van der Waals surface area contributed by atoms with Crippen molar-refractivity contribution in [1.29, 1.82) is 0 Å². The monoisotopic (exact) mass is 1260 g/mol. The van der Waals surface area contributed by atoms with E-state index in [1.54, 1.807) is 6.08 Å². The Kier molecular flexibility index (Phi) is 47.3. The summed E-state index contributed by atoms with van der Waals surface area (Å²) in [5, 5.41) is 120. The number of allylic oxidation sites excluding steroid dienone is 3. The van der Waals surface area contributed by atoms with Gasteiger partial charge in [0.1, 0.15) is 73.2 Å². The van der Waals surface area contributed by atoms with Crippen molar-refractivity contribution < 1.29 is 89.4 Å². The molecule has 3 fully saturated rings. The number of hydrogen-bond acceptors (Lipinski definition) is 18. The largest absolute Gasteiger partial charge is 0.394 e. The Morgan fingerprint density at radius 1 is 0.398 bits per heavy atom. The highest BCUT2D eigenvalue weighted by Gasteiger charge is 2.53. The topological polar surface area (TPSA) is 307 Å². The summed E-state index contributed by atoms with van der Waals surface area (Å²) < 4.78 is 34.3. The number of carbonyl (C=O) groups is 1. The molecule has 3 saturated heterocycles. The van der Waals surface area contributed by atoms with Crippen LogP contribution in [0.1, 0.15) is 277 Å². The van der Waals surface area contributed by atoms with E-state index in [9.17, 15) is 61.0 Å². The second kappa shape index (κ2) is 51.7. The van der Waals surface area contributed by atoms with Crippen molar-refractivity contribution in [2.24, 2.45) is 0 Å². The summed E-state index contributed by atoms with van der Waals surface area (Å²) >= 11 is 0. The highest BCUT2D eigenvalue weighted by atomic mass is 16.8. The Hall–Kier alpha value is -1.73. The molecule has 0 bridgehead atoms. The Morgan fingerprint density at radius 3 is 1.14 bits per heavy atom. The Balaban J connectivity index is 1.43.